The number of methoxy groups -OCH3 is 1. The monoisotopic (exact) mass is 474 g/mol. The summed E-state index contributed by atoms with van der Waals surface area (Å²) in [6, 6.07) is 14.6. The highest BCUT2D eigenvalue weighted by Crippen LogP contribution is 2.29. The van der Waals surface area contributed by atoms with Crippen LogP contribution in [-0.2, 0) is 25.8 Å². The molecule has 2 aromatic carbocycles. The molecule has 1 aromatic heterocycles. The van der Waals surface area contributed by atoms with Crippen molar-refractivity contribution in [2.75, 3.05) is 20.2 Å². The number of hydrogen-bond acceptors (Lipinski definition) is 6. The minimum Gasteiger partial charge on any atom is -0.497 e. The van der Waals surface area contributed by atoms with Crippen LogP contribution in [-0.4, -0.2) is 40.4 Å². The van der Waals surface area contributed by atoms with Crippen molar-refractivity contribution in [1.29, 1.82) is 0 Å². The maximum absolute atomic E-state index is 13.2. The molecule has 0 saturated carbocycles. The van der Waals surface area contributed by atoms with Gasteiger partial charge in [0.2, 0.25) is 0 Å². The lowest BCUT2D eigenvalue weighted by molar-refractivity contribution is -0.139. The normalized spacial score (nSPS) is 12.1. The summed E-state index contributed by atoms with van der Waals surface area (Å²) < 4.78 is 49.6. The van der Waals surface area contributed by atoms with Crippen LogP contribution in [0, 0.1) is 5.82 Å². The second kappa shape index (κ2) is 10.8. The van der Waals surface area contributed by atoms with E-state index >= 15 is 0 Å². The SMILES string of the molecule is COc1ccc(CCNC(=O)C(=O)NC[C@@H](c2ccco2)S(=O)(=O)c2ccc(F)cc2)cc1. The maximum atomic E-state index is 13.2. The Morgan fingerprint density at radius 3 is 2.27 bits per heavy atom. The average Bonchev–Trinajstić information content (AvgIpc) is 3.34. The molecule has 1 heterocycles. The van der Waals surface area contributed by atoms with Crippen LogP contribution >= 0.6 is 0 Å². The van der Waals surface area contributed by atoms with Gasteiger partial charge in [0.15, 0.2) is 9.84 Å². The first-order valence-electron chi connectivity index (χ1n) is 10.0. The first-order chi connectivity index (χ1) is 15.8. The van der Waals surface area contributed by atoms with Gasteiger partial charge in [-0.1, -0.05) is 12.1 Å². The molecule has 0 aliphatic rings. The number of nitrogens with one attached hydrogen (secondary N) is 2. The van der Waals surface area contributed by atoms with Crippen molar-refractivity contribution in [3.8, 4) is 5.75 Å². The third kappa shape index (κ3) is 6.19. The molecule has 0 fully saturated rings. The molecule has 1 atom stereocenters. The number of carbonyl (C=O) groups excluding carboxylic acids is 2. The van der Waals surface area contributed by atoms with Gasteiger partial charge in [0.25, 0.3) is 0 Å². The summed E-state index contributed by atoms with van der Waals surface area (Å²) >= 11 is 0. The summed E-state index contributed by atoms with van der Waals surface area (Å²) in [6.45, 7) is -0.188. The highest BCUT2D eigenvalue weighted by Gasteiger charge is 2.32. The van der Waals surface area contributed by atoms with Gasteiger partial charge in [-0.25, -0.2) is 12.8 Å². The van der Waals surface area contributed by atoms with Crippen LogP contribution in [0.1, 0.15) is 16.6 Å². The Kier molecular flexibility index (Phi) is 7.83. The number of hydrogen-bond donors (Lipinski definition) is 2. The largest absolute Gasteiger partial charge is 0.497 e. The molecule has 33 heavy (non-hydrogen) atoms. The Labute approximate surface area is 190 Å². The molecule has 8 nitrogen and oxygen atoms in total. The van der Waals surface area contributed by atoms with Crippen LogP contribution < -0.4 is 15.4 Å². The van der Waals surface area contributed by atoms with Crippen molar-refractivity contribution in [2.24, 2.45) is 0 Å². The lowest BCUT2D eigenvalue weighted by Gasteiger charge is -2.16. The summed E-state index contributed by atoms with van der Waals surface area (Å²) in [5.74, 6) is -1.65. The van der Waals surface area contributed by atoms with E-state index in [9.17, 15) is 22.4 Å². The van der Waals surface area contributed by atoms with Crippen LogP contribution in [0.5, 0.6) is 5.75 Å². The lowest BCUT2D eigenvalue weighted by Crippen LogP contribution is -2.42. The molecule has 0 aliphatic carbocycles. The third-order valence-electron chi connectivity index (χ3n) is 4.89. The molecule has 10 heteroatoms. The van der Waals surface area contributed by atoms with Gasteiger partial charge in [-0.2, -0.15) is 0 Å². The van der Waals surface area contributed by atoms with Crippen molar-refractivity contribution in [2.45, 2.75) is 16.6 Å². The van der Waals surface area contributed by atoms with E-state index in [4.69, 9.17) is 9.15 Å². The summed E-state index contributed by atoms with van der Waals surface area (Å²) in [5.41, 5.74) is 0.944. The van der Waals surface area contributed by atoms with Crippen LogP contribution in [0.2, 0.25) is 0 Å². The van der Waals surface area contributed by atoms with E-state index < -0.39 is 39.3 Å². The van der Waals surface area contributed by atoms with E-state index in [0.717, 1.165) is 29.8 Å². The average molecular weight is 475 g/mol. The molecule has 3 rings (SSSR count). The van der Waals surface area contributed by atoms with E-state index in [0.29, 0.717) is 12.2 Å². The number of halogens is 1. The Morgan fingerprint density at radius 2 is 1.67 bits per heavy atom. The molecule has 0 aliphatic heterocycles. The van der Waals surface area contributed by atoms with Gasteiger partial charge in [-0.3, -0.25) is 9.59 Å². The van der Waals surface area contributed by atoms with Gasteiger partial charge in [-0.15, -0.1) is 0 Å². The van der Waals surface area contributed by atoms with E-state index in [1.54, 1.807) is 19.2 Å². The molecule has 2 N–H and O–H groups in total. The topological polar surface area (TPSA) is 115 Å². The van der Waals surface area contributed by atoms with Gasteiger partial charge in [0, 0.05) is 13.1 Å². The lowest BCUT2D eigenvalue weighted by atomic mass is 10.1. The number of sulfone groups is 1. The van der Waals surface area contributed by atoms with Crippen molar-refractivity contribution in [3.63, 3.8) is 0 Å². The number of amides is 2. The fourth-order valence-electron chi connectivity index (χ4n) is 3.08. The van der Waals surface area contributed by atoms with Gasteiger partial charge in [-0.05, 0) is 60.5 Å². The third-order valence-corrected chi connectivity index (χ3v) is 6.97. The Hall–Kier alpha value is -3.66. The molecular weight excluding hydrogens is 451 g/mol. The van der Waals surface area contributed by atoms with Gasteiger partial charge in [0.1, 0.15) is 22.6 Å². The zero-order valence-corrected chi connectivity index (χ0v) is 18.6. The molecule has 0 bridgehead atoms. The number of rotatable bonds is 9. The van der Waals surface area contributed by atoms with Gasteiger partial charge in [0.05, 0.1) is 18.3 Å². The molecule has 174 valence electrons. The van der Waals surface area contributed by atoms with Crippen molar-refractivity contribution in [1.82, 2.24) is 10.6 Å². The first-order valence-corrected chi connectivity index (χ1v) is 11.6. The zero-order valence-electron chi connectivity index (χ0n) is 17.8. The zero-order chi connectivity index (χ0) is 23.8. The quantitative estimate of drug-likeness (QED) is 0.364. The first kappa shape index (κ1) is 24.0. The number of benzene rings is 2. The molecule has 0 unspecified atom stereocenters. The molecule has 2 amide bonds. The van der Waals surface area contributed by atoms with Gasteiger partial charge >= 0.3 is 11.8 Å². The van der Waals surface area contributed by atoms with Gasteiger partial charge < -0.3 is 19.8 Å². The summed E-state index contributed by atoms with van der Waals surface area (Å²) in [7, 11) is -2.47. The summed E-state index contributed by atoms with van der Waals surface area (Å²) in [4.78, 5) is 24.2. The van der Waals surface area contributed by atoms with Crippen LogP contribution in [0.25, 0.3) is 0 Å². The minimum atomic E-state index is -4.04. The highest BCUT2D eigenvalue weighted by molar-refractivity contribution is 7.91. The molecule has 3 aromatic rings. The van der Waals surface area contributed by atoms with Crippen LogP contribution in [0.4, 0.5) is 4.39 Å². The standard InChI is InChI=1S/C23H23FN2O6S/c1-31-18-8-4-16(5-9-18)12-13-25-22(27)23(28)26-15-21(20-3-2-14-32-20)33(29,30)19-10-6-17(24)7-11-19/h2-11,14,21H,12-13,15H2,1H3,(H,25,27)(H,26,28)/t21-/m0/s1. The number of carbonyl (C=O) groups is 2. The second-order valence-electron chi connectivity index (χ2n) is 7.07. The maximum Gasteiger partial charge on any atom is 0.309 e. The number of ether oxygens (including phenoxy) is 1. The highest BCUT2D eigenvalue weighted by atomic mass is 32.2. The minimum absolute atomic E-state index is 0.0829. The van der Waals surface area contributed by atoms with Crippen LogP contribution in [0.15, 0.2) is 76.2 Å². The Bertz CT molecular complexity index is 1180. The van der Waals surface area contributed by atoms with Crippen molar-refractivity contribution in [3.05, 3.63) is 84.1 Å². The molecule has 0 radical (unpaired) electrons. The summed E-state index contributed by atoms with van der Waals surface area (Å²) in [6.07, 6.45) is 1.80. The summed E-state index contributed by atoms with van der Waals surface area (Å²) in [5, 5.41) is 3.54. The predicted molar refractivity (Wildman–Crippen MR) is 118 cm³/mol. The fourth-order valence-corrected chi connectivity index (χ4v) is 4.67. The van der Waals surface area contributed by atoms with Crippen LogP contribution in [0.3, 0.4) is 0 Å². The second-order valence-corrected chi connectivity index (χ2v) is 9.20. The fraction of sp³-hybridized carbons (Fsp3) is 0.217. The van der Waals surface area contributed by atoms with E-state index in [-0.39, 0.29) is 17.2 Å². The van der Waals surface area contributed by atoms with E-state index in [1.807, 2.05) is 12.1 Å². The Balaban J connectivity index is 1.60. The number of furan rings is 1. The van der Waals surface area contributed by atoms with E-state index in [2.05, 4.69) is 10.6 Å². The van der Waals surface area contributed by atoms with Crippen molar-refractivity contribution < 1.29 is 31.6 Å². The Morgan fingerprint density at radius 1 is 1.00 bits per heavy atom. The molecule has 0 spiro atoms. The van der Waals surface area contributed by atoms with Crippen molar-refractivity contribution >= 4 is 21.7 Å². The smallest absolute Gasteiger partial charge is 0.309 e. The predicted octanol–water partition coefficient (Wildman–Crippen LogP) is 2.42. The molecular formula is C23H23FN2O6S. The van der Waals surface area contributed by atoms with E-state index in [1.165, 1.54) is 18.4 Å². The molecule has 0 saturated heterocycles.